The van der Waals surface area contributed by atoms with Gasteiger partial charge in [0.1, 0.15) is 0 Å². The van der Waals surface area contributed by atoms with Crippen molar-refractivity contribution in [3.8, 4) is 11.1 Å². The van der Waals surface area contributed by atoms with Crippen LogP contribution in [0.15, 0.2) is 41.7 Å². The Kier molecular flexibility index (Phi) is 6.71. The molecule has 3 rings (SSSR count). The number of nitrogens with two attached hydrogens (primary N) is 2. The van der Waals surface area contributed by atoms with Crippen LogP contribution < -0.4 is 22.1 Å². The van der Waals surface area contributed by atoms with Crippen molar-refractivity contribution < 1.29 is 14.3 Å². The van der Waals surface area contributed by atoms with E-state index < -0.39 is 6.03 Å². The number of ether oxygens (including phenoxy) is 2. The molecule has 1 atom stereocenters. The van der Waals surface area contributed by atoms with Gasteiger partial charge in [-0.05, 0) is 17.2 Å². The molecule has 0 spiro atoms. The van der Waals surface area contributed by atoms with Gasteiger partial charge in [-0.3, -0.25) is 0 Å². The van der Waals surface area contributed by atoms with Gasteiger partial charge in [0.15, 0.2) is 5.96 Å². The molecule has 1 fully saturated rings. The first-order chi connectivity index (χ1) is 13.6. The maximum absolute atomic E-state index is 11.5. The highest BCUT2D eigenvalue weighted by Gasteiger charge is 2.14. The lowest BCUT2D eigenvalue weighted by Gasteiger charge is -2.22. The van der Waals surface area contributed by atoms with E-state index in [1.54, 1.807) is 12.4 Å². The Hall–Kier alpha value is -3.24. The van der Waals surface area contributed by atoms with Gasteiger partial charge in [-0.2, -0.15) is 4.99 Å². The molecular formula is C18H23N7O3. The highest BCUT2D eigenvalue weighted by Crippen LogP contribution is 2.19. The number of anilines is 1. The van der Waals surface area contributed by atoms with E-state index in [0.717, 1.165) is 16.7 Å². The summed E-state index contributed by atoms with van der Waals surface area (Å²) in [6, 6.07) is 7.08. The molecule has 1 aliphatic heterocycles. The van der Waals surface area contributed by atoms with E-state index in [0.29, 0.717) is 38.9 Å². The SMILES string of the molecule is NC(N)=NC(=O)NCc1cccc(-c2cnc(NCC3COCCO3)nc2)c1. The minimum absolute atomic E-state index is 0.00266. The molecule has 1 unspecified atom stereocenters. The minimum Gasteiger partial charge on any atom is -0.376 e. The van der Waals surface area contributed by atoms with E-state index in [4.69, 9.17) is 20.9 Å². The summed E-state index contributed by atoms with van der Waals surface area (Å²) in [5.41, 5.74) is 13.0. The summed E-state index contributed by atoms with van der Waals surface area (Å²) in [5, 5.41) is 5.76. The van der Waals surface area contributed by atoms with Crippen LogP contribution >= 0.6 is 0 Å². The molecule has 2 heterocycles. The molecule has 0 aliphatic carbocycles. The summed E-state index contributed by atoms with van der Waals surface area (Å²) in [6.07, 6.45) is 3.48. The number of rotatable bonds is 6. The second kappa shape index (κ2) is 9.62. The first kappa shape index (κ1) is 19.5. The Labute approximate surface area is 162 Å². The van der Waals surface area contributed by atoms with E-state index in [1.165, 1.54) is 0 Å². The largest absolute Gasteiger partial charge is 0.376 e. The highest BCUT2D eigenvalue weighted by atomic mass is 16.6. The van der Waals surface area contributed by atoms with Gasteiger partial charge in [-0.1, -0.05) is 18.2 Å². The number of benzene rings is 1. The average molecular weight is 385 g/mol. The van der Waals surface area contributed by atoms with Crippen LogP contribution in [0.2, 0.25) is 0 Å². The molecule has 0 bridgehead atoms. The van der Waals surface area contributed by atoms with Crippen molar-refractivity contribution in [3.05, 3.63) is 42.2 Å². The molecule has 10 nitrogen and oxygen atoms in total. The van der Waals surface area contributed by atoms with Crippen molar-refractivity contribution in [2.24, 2.45) is 16.5 Å². The predicted octanol–water partition coefficient (Wildman–Crippen LogP) is 0.454. The number of urea groups is 1. The second-order valence-electron chi connectivity index (χ2n) is 6.14. The van der Waals surface area contributed by atoms with Gasteiger partial charge >= 0.3 is 6.03 Å². The van der Waals surface area contributed by atoms with Crippen molar-refractivity contribution in [2.45, 2.75) is 12.6 Å². The predicted molar refractivity (Wildman–Crippen MR) is 105 cm³/mol. The zero-order valence-corrected chi connectivity index (χ0v) is 15.3. The zero-order valence-electron chi connectivity index (χ0n) is 15.3. The lowest BCUT2D eigenvalue weighted by Crippen LogP contribution is -2.34. The van der Waals surface area contributed by atoms with Gasteiger partial charge in [0.2, 0.25) is 5.95 Å². The highest BCUT2D eigenvalue weighted by molar-refractivity contribution is 5.90. The standard InChI is InChI=1S/C18H23N7O3/c19-16(20)25-18(26)24-7-12-2-1-3-13(6-12)14-8-21-17(22-9-14)23-10-15-11-27-4-5-28-15/h1-3,6,8-9,15H,4-5,7,10-11H2,(H,21,22,23)(H5,19,20,24,25,26). The van der Waals surface area contributed by atoms with Crippen LogP contribution in [-0.2, 0) is 16.0 Å². The van der Waals surface area contributed by atoms with E-state index in [-0.39, 0.29) is 12.1 Å². The fourth-order valence-electron chi connectivity index (χ4n) is 2.62. The molecule has 0 radical (unpaired) electrons. The van der Waals surface area contributed by atoms with E-state index in [2.05, 4.69) is 25.6 Å². The molecule has 6 N–H and O–H groups in total. The first-order valence-electron chi connectivity index (χ1n) is 8.82. The van der Waals surface area contributed by atoms with Crippen molar-refractivity contribution in [1.82, 2.24) is 15.3 Å². The van der Waals surface area contributed by atoms with E-state index in [9.17, 15) is 4.79 Å². The Morgan fingerprint density at radius 3 is 2.75 bits per heavy atom. The van der Waals surface area contributed by atoms with Gasteiger partial charge in [0, 0.05) is 31.0 Å². The zero-order chi connectivity index (χ0) is 19.8. The van der Waals surface area contributed by atoms with Crippen LogP contribution in [0.4, 0.5) is 10.7 Å². The number of carbonyl (C=O) groups is 1. The quantitative estimate of drug-likeness (QED) is 0.413. The topological polar surface area (TPSA) is 150 Å². The van der Waals surface area contributed by atoms with Crippen molar-refractivity contribution in [3.63, 3.8) is 0 Å². The van der Waals surface area contributed by atoms with Gasteiger partial charge in [-0.15, -0.1) is 0 Å². The maximum atomic E-state index is 11.5. The molecular weight excluding hydrogens is 362 g/mol. The molecule has 10 heteroatoms. The van der Waals surface area contributed by atoms with Gasteiger partial charge in [0.25, 0.3) is 0 Å². The van der Waals surface area contributed by atoms with Crippen LogP contribution in [-0.4, -0.2) is 54.4 Å². The van der Waals surface area contributed by atoms with Crippen LogP contribution in [0.3, 0.4) is 0 Å². The smallest absolute Gasteiger partial charge is 0.344 e. The number of aromatic nitrogens is 2. The summed E-state index contributed by atoms with van der Waals surface area (Å²) in [6.45, 7) is 2.70. The first-order valence-corrected chi connectivity index (χ1v) is 8.82. The Morgan fingerprint density at radius 2 is 2.04 bits per heavy atom. The van der Waals surface area contributed by atoms with E-state index in [1.807, 2.05) is 24.3 Å². The number of nitrogens with one attached hydrogen (secondary N) is 2. The molecule has 1 aliphatic rings. The van der Waals surface area contributed by atoms with Gasteiger partial charge in [0.05, 0.1) is 25.9 Å². The second-order valence-corrected chi connectivity index (χ2v) is 6.14. The number of aliphatic imine (C=N–C) groups is 1. The monoisotopic (exact) mass is 385 g/mol. The number of hydrogen-bond acceptors (Lipinski definition) is 6. The normalized spacial score (nSPS) is 16.2. The minimum atomic E-state index is -0.587. The Morgan fingerprint density at radius 1 is 1.21 bits per heavy atom. The number of hydrogen-bond donors (Lipinski definition) is 4. The molecule has 0 saturated carbocycles. The van der Waals surface area contributed by atoms with Crippen molar-refractivity contribution >= 4 is 17.9 Å². The Balaban J connectivity index is 1.57. The summed E-state index contributed by atoms with van der Waals surface area (Å²) in [4.78, 5) is 23.6. The van der Waals surface area contributed by atoms with Crippen LogP contribution in [0.25, 0.3) is 11.1 Å². The number of guanidine groups is 1. The molecule has 2 aromatic rings. The van der Waals surface area contributed by atoms with Crippen LogP contribution in [0.5, 0.6) is 0 Å². The molecule has 1 aromatic heterocycles. The van der Waals surface area contributed by atoms with Crippen molar-refractivity contribution in [1.29, 1.82) is 0 Å². The van der Waals surface area contributed by atoms with Crippen LogP contribution in [0, 0.1) is 0 Å². The molecule has 1 aromatic carbocycles. The average Bonchev–Trinajstić information content (AvgIpc) is 2.72. The summed E-state index contributed by atoms with van der Waals surface area (Å²) < 4.78 is 10.9. The molecule has 1 saturated heterocycles. The molecule has 2 amide bonds. The fourth-order valence-corrected chi connectivity index (χ4v) is 2.62. The number of nitrogens with zero attached hydrogens (tertiary/aromatic N) is 3. The lowest BCUT2D eigenvalue weighted by atomic mass is 10.1. The summed E-state index contributed by atoms with van der Waals surface area (Å²) in [5.74, 6) is 0.248. The third-order valence-electron chi connectivity index (χ3n) is 3.96. The Bertz CT molecular complexity index is 816. The third-order valence-corrected chi connectivity index (χ3v) is 3.96. The maximum Gasteiger partial charge on any atom is 0.344 e. The van der Waals surface area contributed by atoms with Crippen molar-refractivity contribution in [2.75, 3.05) is 31.7 Å². The fraction of sp³-hybridized carbons (Fsp3) is 0.333. The molecule has 28 heavy (non-hydrogen) atoms. The van der Waals surface area contributed by atoms with Gasteiger partial charge < -0.3 is 31.6 Å². The molecule has 148 valence electrons. The van der Waals surface area contributed by atoms with E-state index >= 15 is 0 Å². The summed E-state index contributed by atoms with van der Waals surface area (Å²) >= 11 is 0. The number of carbonyl (C=O) groups excluding carboxylic acids is 1. The third kappa shape index (κ3) is 5.89. The lowest BCUT2D eigenvalue weighted by molar-refractivity contribution is -0.0819. The van der Waals surface area contributed by atoms with Gasteiger partial charge in [-0.25, -0.2) is 14.8 Å². The number of amides is 2. The van der Waals surface area contributed by atoms with Crippen LogP contribution in [0.1, 0.15) is 5.56 Å². The summed E-state index contributed by atoms with van der Waals surface area (Å²) in [7, 11) is 0.